The number of nitrogens with one attached hydrogen (secondary N) is 1. The molecule has 1 aliphatic rings. The fraction of sp³-hybridized carbons (Fsp3) is 0.571. The van der Waals surface area contributed by atoms with Gasteiger partial charge in [-0.3, -0.25) is 0 Å². The van der Waals surface area contributed by atoms with Crippen molar-refractivity contribution in [3.8, 4) is 0 Å². The maximum absolute atomic E-state index is 6.03. The van der Waals surface area contributed by atoms with Crippen LogP contribution in [-0.4, -0.2) is 6.04 Å². The first-order valence-electron chi connectivity index (χ1n) is 6.02. The van der Waals surface area contributed by atoms with Crippen molar-refractivity contribution in [1.29, 1.82) is 0 Å². The molecule has 2 rings (SSSR count). The van der Waals surface area contributed by atoms with Crippen molar-refractivity contribution in [2.24, 2.45) is 5.41 Å². The number of hydrogen-bond acceptors (Lipinski definition) is 1. The topological polar surface area (TPSA) is 12.0 Å². The Balaban J connectivity index is 2.17. The molecule has 1 nitrogen and oxygen atoms in total. The van der Waals surface area contributed by atoms with Crippen molar-refractivity contribution in [3.63, 3.8) is 0 Å². The lowest BCUT2D eigenvalue weighted by Gasteiger charge is -2.29. The average Bonchev–Trinajstić information content (AvgIpc) is 2.52. The van der Waals surface area contributed by atoms with Crippen LogP contribution in [-0.2, 0) is 0 Å². The van der Waals surface area contributed by atoms with Gasteiger partial charge in [-0.25, -0.2) is 0 Å². The van der Waals surface area contributed by atoms with E-state index in [0.717, 1.165) is 5.02 Å². The predicted molar refractivity (Wildman–Crippen MR) is 71.2 cm³/mol. The summed E-state index contributed by atoms with van der Waals surface area (Å²) in [7, 11) is 0. The molecule has 1 saturated carbocycles. The first-order valence-corrected chi connectivity index (χ1v) is 6.39. The van der Waals surface area contributed by atoms with Crippen LogP contribution in [0.1, 0.15) is 38.7 Å². The molecular formula is C14H20ClN. The summed E-state index contributed by atoms with van der Waals surface area (Å²) in [5.41, 5.74) is 2.86. The van der Waals surface area contributed by atoms with E-state index in [1.54, 1.807) is 0 Å². The van der Waals surface area contributed by atoms with E-state index in [2.05, 4.69) is 32.2 Å². The van der Waals surface area contributed by atoms with Gasteiger partial charge in [0.05, 0.1) is 0 Å². The van der Waals surface area contributed by atoms with Gasteiger partial charge in [-0.15, -0.1) is 0 Å². The largest absolute Gasteiger partial charge is 0.382 e. The number of benzene rings is 1. The zero-order valence-corrected chi connectivity index (χ0v) is 11.1. The molecule has 1 fully saturated rings. The minimum absolute atomic E-state index is 0.398. The number of halogens is 1. The second kappa shape index (κ2) is 4.29. The zero-order chi connectivity index (χ0) is 11.8. The standard InChI is InChI=1S/C14H20ClN/c1-10-6-7-11(15)9-12(10)16-13-5-4-8-14(13,2)3/h6-7,9,13,16H,4-5,8H2,1-3H3. The van der Waals surface area contributed by atoms with E-state index in [-0.39, 0.29) is 0 Å². The average molecular weight is 238 g/mol. The number of aryl methyl sites for hydroxylation is 1. The molecule has 0 aliphatic heterocycles. The predicted octanol–water partition coefficient (Wildman–Crippen LogP) is 4.64. The van der Waals surface area contributed by atoms with Crippen molar-refractivity contribution in [2.75, 3.05) is 5.32 Å². The van der Waals surface area contributed by atoms with Crippen LogP contribution in [0.15, 0.2) is 18.2 Å². The molecule has 1 aromatic rings. The smallest absolute Gasteiger partial charge is 0.0426 e. The molecule has 2 heteroatoms. The quantitative estimate of drug-likeness (QED) is 0.790. The van der Waals surface area contributed by atoms with Crippen LogP contribution in [0.5, 0.6) is 0 Å². The van der Waals surface area contributed by atoms with Crippen LogP contribution in [0.25, 0.3) is 0 Å². The summed E-state index contributed by atoms with van der Waals surface area (Å²) < 4.78 is 0. The number of hydrogen-bond donors (Lipinski definition) is 1. The molecule has 1 aliphatic carbocycles. The molecule has 1 atom stereocenters. The van der Waals surface area contributed by atoms with Crippen LogP contribution in [0.4, 0.5) is 5.69 Å². The molecule has 1 aromatic carbocycles. The van der Waals surface area contributed by atoms with E-state index < -0.39 is 0 Å². The molecule has 0 amide bonds. The second-order valence-corrected chi connectivity index (χ2v) is 5.97. The third kappa shape index (κ3) is 2.35. The Morgan fingerprint density at radius 1 is 1.38 bits per heavy atom. The molecule has 88 valence electrons. The van der Waals surface area contributed by atoms with Crippen molar-refractivity contribution in [2.45, 2.75) is 46.1 Å². The van der Waals surface area contributed by atoms with E-state index in [0.29, 0.717) is 11.5 Å². The highest BCUT2D eigenvalue weighted by Gasteiger charge is 2.34. The lowest BCUT2D eigenvalue weighted by atomic mass is 9.87. The second-order valence-electron chi connectivity index (χ2n) is 5.54. The fourth-order valence-electron chi connectivity index (χ4n) is 2.53. The van der Waals surface area contributed by atoms with Gasteiger partial charge in [-0.05, 0) is 42.9 Å². The summed E-state index contributed by atoms with van der Waals surface area (Å²) in [6.45, 7) is 6.82. The van der Waals surface area contributed by atoms with Gasteiger partial charge in [0.15, 0.2) is 0 Å². The highest BCUT2D eigenvalue weighted by atomic mass is 35.5. The van der Waals surface area contributed by atoms with E-state index in [4.69, 9.17) is 11.6 Å². The molecule has 1 unspecified atom stereocenters. The molecule has 0 spiro atoms. The van der Waals surface area contributed by atoms with Crippen molar-refractivity contribution in [3.05, 3.63) is 28.8 Å². The summed E-state index contributed by atoms with van der Waals surface area (Å²) >= 11 is 6.03. The fourth-order valence-corrected chi connectivity index (χ4v) is 2.70. The van der Waals surface area contributed by atoms with Crippen LogP contribution < -0.4 is 5.32 Å². The normalized spacial score (nSPS) is 23.4. The van der Waals surface area contributed by atoms with Gasteiger partial charge < -0.3 is 5.32 Å². The van der Waals surface area contributed by atoms with Gasteiger partial charge in [0.25, 0.3) is 0 Å². The Bertz CT molecular complexity index is 384. The third-order valence-corrected chi connectivity index (χ3v) is 4.02. The number of rotatable bonds is 2. The van der Waals surface area contributed by atoms with E-state index in [9.17, 15) is 0 Å². The monoisotopic (exact) mass is 237 g/mol. The molecule has 1 N–H and O–H groups in total. The Kier molecular flexibility index (Phi) is 3.16. The highest BCUT2D eigenvalue weighted by Crippen LogP contribution is 2.39. The summed E-state index contributed by atoms with van der Waals surface area (Å²) in [4.78, 5) is 0. The maximum Gasteiger partial charge on any atom is 0.0426 e. The van der Waals surface area contributed by atoms with Crippen LogP contribution in [0.2, 0.25) is 5.02 Å². The van der Waals surface area contributed by atoms with E-state index in [1.165, 1.54) is 30.5 Å². The first kappa shape index (κ1) is 11.8. The SMILES string of the molecule is Cc1ccc(Cl)cc1NC1CCCC1(C)C. The van der Waals surface area contributed by atoms with Crippen LogP contribution >= 0.6 is 11.6 Å². The van der Waals surface area contributed by atoms with E-state index in [1.807, 2.05) is 12.1 Å². The Labute approximate surface area is 103 Å². The summed E-state index contributed by atoms with van der Waals surface area (Å²) in [5, 5.41) is 4.46. The van der Waals surface area contributed by atoms with Gasteiger partial charge >= 0.3 is 0 Å². The minimum Gasteiger partial charge on any atom is -0.382 e. The van der Waals surface area contributed by atoms with Gasteiger partial charge in [-0.1, -0.05) is 37.9 Å². The Hall–Kier alpha value is -0.690. The van der Waals surface area contributed by atoms with Crippen molar-refractivity contribution >= 4 is 17.3 Å². The molecule has 16 heavy (non-hydrogen) atoms. The molecular weight excluding hydrogens is 218 g/mol. The molecule has 0 saturated heterocycles. The molecule has 0 aromatic heterocycles. The van der Waals surface area contributed by atoms with Gasteiger partial charge in [0, 0.05) is 16.8 Å². The number of anilines is 1. The van der Waals surface area contributed by atoms with Crippen LogP contribution in [0, 0.1) is 12.3 Å². The summed E-state index contributed by atoms with van der Waals surface area (Å²) in [6.07, 6.45) is 3.90. The zero-order valence-electron chi connectivity index (χ0n) is 10.3. The van der Waals surface area contributed by atoms with E-state index >= 15 is 0 Å². The van der Waals surface area contributed by atoms with Gasteiger partial charge in [-0.2, -0.15) is 0 Å². The van der Waals surface area contributed by atoms with Crippen LogP contribution in [0.3, 0.4) is 0 Å². The maximum atomic E-state index is 6.03. The summed E-state index contributed by atoms with van der Waals surface area (Å²) in [5.74, 6) is 0. The third-order valence-electron chi connectivity index (χ3n) is 3.79. The molecule has 0 radical (unpaired) electrons. The Morgan fingerprint density at radius 2 is 2.12 bits per heavy atom. The lowest BCUT2D eigenvalue weighted by molar-refractivity contribution is 0.350. The lowest BCUT2D eigenvalue weighted by Crippen LogP contribution is -2.31. The van der Waals surface area contributed by atoms with Gasteiger partial charge in [0.2, 0.25) is 0 Å². The van der Waals surface area contributed by atoms with Crippen molar-refractivity contribution in [1.82, 2.24) is 0 Å². The highest BCUT2D eigenvalue weighted by molar-refractivity contribution is 6.30. The first-order chi connectivity index (χ1) is 7.49. The van der Waals surface area contributed by atoms with Crippen molar-refractivity contribution < 1.29 is 0 Å². The molecule has 0 bridgehead atoms. The van der Waals surface area contributed by atoms with Gasteiger partial charge in [0.1, 0.15) is 0 Å². The minimum atomic E-state index is 0.398. The Morgan fingerprint density at radius 3 is 2.75 bits per heavy atom. The summed E-state index contributed by atoms with van der Waals surface area (Å²) in [6, 6.07) is 6.63. The molecule has 0 heterocycles.